The number of para-hydroxylation sites is 1. The Hall–Kier alpha value is -2.62. The quantitative estimate of drug-likeness (QED) is 0.887. The number of carbonyl (C=O) groups is 2. The normalized spacial score (nSPS) is 13.1. The maximum absolute atomic E-state index is 12.6. The molecule has 1 N–H and O–H groups in total. The number of benzene rings is 2. The maximum Gasteiger partial charge on any atom is 0.228 e. The van der Waals surface area contributed by atoms with E-state index in [4.69, 9.17) is 0 Å². The van der Waals surface area contributed by atoms with E-state index in [-0.39, 0.29) is 5.91 Å². The lowest BCUT2D eigenvalue weighted by atomic mass is 9.86. The van der Waals surface area contributed by atoms with E-state index in [1.807, 2.05) is 50.2 Å². The highest BCUT2D eigenvalue weighted by Gasteiger charge is 2.26. The summed E-state index contributed by atoms with van der Waals surface area (Å²) in [7, 11) is 0. The maximum atomic E-state index is 12.6. The third kappa shape index (κ3) is 4.69. The van der Waals surface area contributed by atoms with Crippen LogP contribution in [0.1, 0.15) is 23.6 Å². The average molecular weight is 324 g/mol. The number of amides is 1. The number of aryl methyl sites for hydroxylation is 2. The van der Waals surface area contributed by atoms with Gasteiger partial charge in [-0.05, 0) is 38.0 Å². The fourth-order valence-corrected chi connectivity index (χ4v) is 2.86. The standard InChI is InChI=1S/C20H23NO3/c1-13-9-14(2)11-16(10-13)12-18(15(3)20(23)24)19(22)21-17-7-5-4-6-8-17/h4-11,15,18H,12H2,1-3H3,(H,21,22)(H,23,24)/p-1/t15-,18+/m1/s1. The van der Waals surface area contributed by atoms with Crippen LogP contribution < -0.4 is 10.4 Å². The van der Waals surface area contributed by atoms with Gasteiger partial charge in [0.2, 0.25) is 5.91 Å². The third-order valence-corrected chi connectivity index (χ3v) is 4.09. The first kappa shape index (κ1) is 17.7. The first-order valence-corrected chi connectivity index (χ1v) is 8.00. The Bertz CT molecular complexity index is 705. The lowest BCUT2D eigenvalue weighted by Gasteiger charge is -2.24. The Balaban J connectivity index is 2.24. The van der Waals surface area contributed by atoms with Crippen molar-refractivity contribution < 1.29 is 14.7 Å². The zero-order chi connectivity index (χ0) is 17.7. The molecule has 0 unspecified atom stereocenters. The Labute approximate surface area is 142 Å². The van der Waals surface area contributed by atoms with Gasteiger partial charge < -0.3 is 15.2 Å². The Morgan fingerprint density at radius 2 is 1.62 bits per heavy atom. The summed E-state index contributed by atoms with van der Waals surface area (Å²) < 4.78 is 0. The molecule has 1 amide bonds. The summed E-state index contributed by atoms with van der Waals surface area (Å²) in [6.45, 7) is 5.49. The Morgan fingerprint density at radius 1 is 1.04 bits per heavy atom. The summed E-state index contributed by atoms with van der Waals surface area (Å²) in [5, 5.41) is 14.1. The van der Waals surface area contributed by atoms with Crippen molar-refractivity contribution in [3.63, 3.8) is 0 Å². The number of anilines is 1. The lowest BCUT2D eigenvalue weighted by molar-refractivity contribution is -0.312. The number of nitrogens with one attached hydrogen (secondary N) is 1. The summed E-state index contributed by atoms with van der Waals surface area (Å²) in [5.74, 6) is -3.10. The van der Waals surface area contributed by atoms with Gasteiger partial charge in [0.05, 0.1) is 5.92 Å². The first-order chi connectivity index (χ1) is 11.4. The SMILES string of the molecule is Cc1cc(C)cc(C[C@H](C(=O)Nc2ccccc2)[C@@H](C)C(=O)[O-])c1. The van der Waals surface area contributed by atoms with E-state index in [1.165, 1.54) is 6.92 Å². The molecule has 4 nitrogen and oxygen atoms in total. The zero-order valence-electron chi connectivity index (χ0n) is 14.2. The van der Waals surface area contributed by atoms with Gasteiger partial charge in [-0.3, -0.25) is 4.79 Å². The zero-order valence-corrected chi connectivity index (χ0v) is 14.2. The lowest BCUT2D eigenvalue weighted by Crippen LogP contribution is -2.40. The van der Waals surface area contributed by atoms with Crippen molar-refractivity contribution in [2.75, 3.05) is 5.32 Å². The van der Waals surface area contributed by atoms with Crippen LogP contribution in [0.5, 0.6) is 0 Å². The van der Waals surface area contributed by atoms with Crippen LogP contribution in [0.15, 0.2) is 48.5 Å². The van der Waals surface area contributed by atoms with Gasteiger partial charge in [-0.1, -0.05) is 54.4 Å². The molecule has 24 heavy (non-hydrogen) atoms. The van der Waals surface area contributed by atoms with Crippen molar-refractivity contribution in [2.45, 2.75) is 27.2 Å². The Kier molecular flexibility index (Phi) is 5.74. The summed E-state index contributed by atoms with van der Waals surface area (Å²) in [6, 6.07) is 15.0. The van der Waals surface area contributed by atoms with Crippen molar-refractivity contribution in [1.82, 2.24) is 0 Å². The fourth-order valence-electron chi connectivity index (χ4n) is 2.86. The smallest absolute Gasteiger partial charge is 0.228 e. The van der Waals surface area contributed by atoms with Crippen molar-refractivity contribution >= 4 is 17.6 Å². The number of carbonyl (C=O) groups excluding carboxylic acids is 2. The minimum atomic E-state index is -1.22. The third-order valence-electron chi connectivity index (χ3n) is 4.09. The molecule has 0 heterocycles. The predicted molar refractivity (Wildman–Crippen MR) is 92.4 cm³/mol. The van der Waals surface area contributed by atoms with Gasteiger partial charge in [-0.2, -0.15) is 0 Å². The van der Waals surface area contributed by atoms with Gasteiger partial charge in [-0.15, -0.1) is 0 Å². The molecule has 0 saturated heterocycles. The largest absolute Gasteiger partial charge is 0.550 e. The molecule has 0 aromatic heterocycles. The first-order valence-electron chi connectivity index (χ1n) is 8.00. The molecule has 0 fully saturated rings. The van der Waals surface area contributed by atoms with Crippen LogP contribution in [0.25, 0.3) is 0 Å². The van der Waals surface area contributed by atoms with E-state index in [0.717, 1.165) is 16.7 Å². The van der Waals surface area contributed by atoms with E-state index >= 15 is 0 Å². The minimum absolute atomic E-state index is 0.308. The number of carboxylic acid groups (broad SMARTS) is 1. The summed E-state index contributed by atoms with van der Waals surface area (Å²) in [5.41, 5.74) is 3.79. The highest BCUT2D eigenvalue weighted by atomic mass is 16.4. The number of rotatable bonds is 6. The van der Waals surface area contributed by atoms with E-state index in [9.17, 15) is 14.7 Å². The van der Waals surface area contributed by atoms with Gasteiger partial charge >= 0.3 is 0 Å². The summed E-state index contributed by atoms with van der Waals surface area (Å²) in [4.78, 5) is 24.0. The highest BCUT2D eigenvalue weighted by molar-refractivity contribution is 5.95. The van der Waals surface area contributed by atoms with Gasteiger partial charge in [0.25, 0.3) is 0 Å². The molecule has 2 aromatic carbocycles. The van der Waals surface area contributed by atoms with E-state index in [0.29, 0.717) is 12.1 Å². The number of hydrogen-bond acceptors (Lipinski definition) is 3. The van der Waals surface area contributed by atoms with Crippen LogP contribution >= 0.6 is 0 Å². The van der Waals surface area contributed by atoms with Gasteiger partial charge in [0.1, 0.15) is 0 Å². The summed E-state index contributed by atoms with van der Waals surface area (Å²) >= 11 is 0. The van der Waals surface area contributed by atoms with Gasteiger partial charge in [0, 0.05) is 17.6 Å². The van der Waals surface area contributed by atoms with Crippen molar-refractivity contribution in [3.05, 3.63) is 65.2 Å². The van der Waals surface area contributed by atoms with Crippen LogP contribution in [0.4, 0.5) is 5.69 Å². The molecular formula is C20H22NO3-. The molecule has 0 bridgehead atoms. The van der Waals surface area contributed by atoms with E-state index < -0.39 is 17.8 Å². The van der Waals surface area contributed by atoms with Gasteiger partial charge in [-0.25, -0.2) is 0 Å². The second-order valence-corrected chi connectivity index (χ2v) is 6.27. The Morgan fingerprint density at radius 3 is 2.17 bits per heavy atom. The molecule has 0 radical (unpaired) electrons. The number of hydrogen-bond donors (Lipinski definition) is 1. The summed E-state index contributed by atoms with van der Waals surface area (Å²) in [6.07, 6.45) is 0.357. The molecule has 126 valence electrons. The topological polar surface area (TPSA) is 69.2 Å². The fraction of sp³-hybridized carbons (Fsp3) is 0.300. The monoisotopic (exact) mass is 324 g/mol. The molecule has 0 aliphatic rings. The molecule has 0 aliphatic carbocycles. The van der Waals surface area contributed by atoms with Crippen LogP contribution in [0, 0.1) is 25.7 Å². The predicted octanol–water partition coefficient (Wildman–Crippen LogP) is 2.49. The molecule has 0 spiro atoms. The minimum Gasteiger partial charge on any atom is -0.550 e. The van der Waals surface area contributed by atoms with Crippen LogP contribution in [0.2, 0.25) is 0 Å². The van der Waals surface area contributed by atoms with Crippen LogP contribution in [-0.2, 0) is 16.0 Å². The molecule has 0 saturated carbocycles. The number of carboxylic acids is 1. The molecular weight excluding hydrogens is 302 g/mol. The van der Waals surface area contributed by atoms with Crippen LogP contribution in [-0.4, -0.2) is 11.9 Å². The molecule has 0 aliphatic heterocycles. The van der Waals surface area contributed by atoms with Crippen molar-refractivity contribution in [3.8, 4) is 0 Å². The highest BCUT2D eigenvalue weighted by Crippen LogP contribution is 2.21. The molecule has 4 heteroatoms. The molecule has 2 aromatic rings. The van der Waals surface area contributed by atoms with Crippen molar-refractivity contribution in [2.24, 2.45) is 11.8 Å². The molecule has 2 atom stereocenters. The second-order valence-electron chi connectivity index (χ2n) is 6.27. The van der Waals surface area contributed by atoms with E-state index in [1.54, 1.807) is 12.1 Å². The van der Waals surface area contributed by atoms with E-state index in [2.05, 4.69) is 5.32 Å². The average Bonchev–Trinajstić information content (AvgIpc) is 2.51. The van der Waals surface area contributed by atoms with Gasteiger partial charge in [0.15, 0.2) is 0 Å². The van der Waals surface area contributed by atoms with Crippen molar-refractivity contribution in [1.29, 1.82) is 0 Å². The van der Waals surface area contributed by atoms with Crippen LogP contribution in [0.3, 0.4) is 0 Å². The second kappa shape index (κ2) is 7.77. The number of aliphatic carboxylic acids is 1. The molecule has 2 rings (SSSR count).